The molecule has 0 spiro atoms. The summed E-state index contributed by atoms with van der Waals surface area (Å²) in [6.07, 6.45) is 8.54. The van der Waals surface area contributed by atoms with E-state index in [4.69, 9.17) is 6.42 Å². The molecule has 1 aliphatic heterocycles. The summed E-state index contributed by atoms with van der Waals surface area (Å²) in [4.78, 5) is 13.2. The minimum absolute atomic E-state index is 0.140. The Labute approximate surface area is 80.3 Å². The normalized spacial score (nSPS) is 22.9. The zero-order valence-electron chi connectivity index (χ0n) is 8.42. The molecule has 1 rings (SSSR count). The zero-order chi connectivity index (χ0) is 9.84. The molecule has 0 aromatic rings. The van der Waals surface area contributed by atoms with Crippen molar-refractivity contribution in [1.29, 1.82) is 0 Å². The molecule has 0 aliphatic carbocycles. The molecule has 0 aromatic carbocycles. The van der Waals surface area contributed by atoms with Gasteiger partial charge < -0.3 is 4.90 Å². The smallest absolute Gasteiger partial charge is 0.298 e. The molecule has 1 atom stereocenters. The molecular weight excluding hydrogens is 162 g/mol. The van der Waals surface area contributed by atoms with Gasteiger partial charge in [0.25, 0.3) is 5.91 Å². The van der Waals surface area contributed by atoms with Crippen molar-refractivity contribution in [1.82, 2.24) is 4.90 Å². The van der Waals surface area contributed by atoms with Crippen LogP contribution >= 0.6 is 0 Å². The predicted molar refractivity (Wildman–Crippen MR) is 53.0 cm³/mol. The monoisotopic (exact) mass is 179 g/mol. The number of carbonyl (C=O) groups excluding carboxylic acids is 1. The Morgan fingerprint density at radius 1 is 1.54 bits per heavy atom. The van der Waals surface area contributed by atoms with Gasteiger partial charge >= 0.3 is 0 Å². The van der Waals surface area contributed by atoms with E-state index < -0.39 is 0 Å². The maximum Gasteiger partial charge on any atom is 0.298 e. The molecular formula is C11H17NO. The fraction of sp³-hybridized carbons (Fsp3) is 0.727. The molecule has 1 aliphatic rings. The van der Waals surface area contributed by atoms with Crippen molar-refractivity contribution in [2.75, 3.05) is 6.54 Å². The van der Waals surface area contributed by atoms with Crippen LogP contribution in [0.5, 0.6) is 0 Å². The Morgan fingerprint density at radius 3 is 2.77 bits per heavy atom. The highest BCUT2D eigenvalue weighted by Crippen LogP contribution is 2.22. The molecule has 0 aromatic heterocycles. The molecule has 0 N–H and O–H groups in total. The maximum atomic E-state index is 11.4. The van der Waals surface area contributed by atoms with E-state index in [-0.39, 0.29) is 5.91 Å². The van der Waals surface area contributed by atoms with Crippen molar-refractivity contribution in [3.05, 3.63) is 0 Å². The lowest BCUT2D eigenvalue weighted by atomic mass is 9.93. The molecule has 72 valence electrons. The number of nitrogens with zero attached hydrogens (tertiary/aromatic N) is 1. The van der Waals surface area contributed by atoms with Gasteiger partial charge in [-0.1, -0.05) is 13.8 Å². The lowest BCUT2D eigenvalue weighted by Crippen LogP contribution is -2.45. The largest absolute Gasteiger partial charge is 0.329 e. The molecule has 1 amide bonds. The van der Waals surface area contributed by atoms with E-state index in [0.29, 0.717) is 12.0 Å². The van der Waals surface area contributed by atoms with Crippen LogP contribution in [0, 0.1) is 18.3 Å². The lowest BCUT2D eigenvalue weighted by molar-refractivity contribution is -0.129. The Bertz CT molecular complexity index is 227. The second kappa shape index (κ2) is 4.32. The van der Waals surface area contributed by atoms with E-state index in [1.807, 2.05) is 4.90 Å². The minimum atomic E-state index is -0.140. The fourth-order valence-corrected chi connectivity index (χ4v) is 1.99. The summed E-state index contributed by atoms with van der Waals surface area (Å²) in [5.74, 6) is 2.58. The molecule has 2 nitrogen and oxygen atoms in total. The number of carbonyl (C=O) groups is 1. The van der Waals surface area contributed by atoms with Gasteiger partial charge in [-0.05, 0) is 31.1 Å². The molecule has 2 heteroatoms. The third kappa shape index (κ3) is 2.24. The summed E-state index contributed by atoms with van der Waals surface area (Å²) in [6.45, 7) is 5.13. The molecule has 0 radical (unpaired) electrons. The summed E-state index contributed by atoms with van der Waals surface area (Å²) in [7, 11) is 0. The van der Waals surface area contributed by atoms with Crippen molar-refractivity contribution in [3.8, 4) is 12.3 Å². The number of likely N-dealkylation sites (tertiary alicyclic amines) is 1. The second-order valence-electron chi connectivity index (χ2n) is 3.95. The van der Waals surface area contributed by atoms with Gasteiger partial charge in [-0.15, -0.1) is 6.42 Å². The molecule has 13 heavy (non-hydrogen) atoms. The van der Waals surface area contributed by atoms with Crippen molar-refractivity contribution in [2.24, 2.45) is 5.92 Å². The number of hydrogen-bond acceptors (Lipinski definition) is 1. The third-order valence-corrected chi connectivity index (χ3v) is 2.70. The van der Waals surface area contributed by atoms with Crippen LogP contribution in [0.3, 0.4) is 0 Å². The molecule has 1 fully saturated rings. The number of hydrogen-bond donors (Lipinski definition) is 0. The topological polar surface area (TPSA) is 20.3 Å². The predicted octanol–water partition coefficient (Wildman–Crippen LogP) is 1.66. The summed E-state index contributed by atoms with van der Waals surface area (Å²) in [6, 6.07) is 0.359. The van der Waals surface area contributed by atoms with Gasteiger partial charge in [0.1, 0.15) is 0 Å². The average Bonchev–Trinajstić information content (AvgIpc) is 2.16. The first kappa shape index (κ1) is 10.1. The number of piperidine rings is 1. The minimum Gasteiger partial charge on any atom is -0.329 e. The number of rotatable bonds is 1. The second-order valence-corrected chi connectivity index (χ2v) is 3.95. The van der Waals surface area contributed by atoms with Crippen molar-refractivity contribution in [3.63, 3.8) is 0 Å². The first-order valence-electron chi connectivity index (χ1n) is 4.94. The van der Waals surface area contributed by atoms with E-state index in [9.17, 15) is 4.79 Å². The lowest BCUT2D eigenvalue weighted by Gasteiger charge is -2.36. The summed E-state index contributed by atoms with van der Waals surface area (Å²) < 4.78 is 0. The summed E-state index contributed by atoms with van der Waals surface area (Å²) in [5, 5.41) is 0. The fourth-order valence-electron chi connectivity index (χ4n) is 1.99. The van der Waals surface area contributed by atoms with E-state index >= 15 is 0 Å². The van der Waals surface area contributed by atoms with Gasteiger partial charge in [-0.2, -0.15) is 0 Å². The average molecular weight is 179 g/mol. The van der Waals surface area contributed by atoms with Crippen LogP contribution in [0.1, 0.15) is 33.1 Å². The number of terminal acetylenes is 1. The quantitative estimate of drug-likeness (QED) is 0.560. The van der Waals surface area contributed by atoms with Crippen molar-refractivity contribution >= 4 is 5.91 Å². The van der Waals surface area contributed by atoms with Crippen LogP contribution in [0.2, 0.25) is 0 Å². The van der Waals surface area contributed by atoms with Gasteiger partial charge in [-0.3, -0.25) is 4.79 Å². The van der Waals surface area contributed by atoms with Crippen LogP contribution < -0.4 is 0 Å². The highest BCUT2D eigenvalue weighted by Gasteiger charge is 2.27. The van der Waals surface area contributed by atoms with Gasteiger partial charge in [0, 0.05) is 12.6 Å². The first-order valence-corrected chi connectivity index (χ1v) is 4.94. The molecule has 0 saturated carbocycles. The van der Waals surface area contributed by atoms with Crippen LogP contribution in [0.4, 0.5) is 0 Å². The van der Waals surface area contributed by atoms with E-state index in [0.717, 1.165) is 19.4 Å². The Kier molecular flexibility index (Phi) is 3.36. The first-order chi connectivity index (χ1) is 6.16. The molecule has 1 saturated heterocycles. The van der Waals surface area contributed by atoms with Gasteiger partial charge in [-0.25, -0.2) is 0 Å². The highest BCUT2D eigenvalue weighted by atomic mass is 16.2. The van der Waals surface area contributed by atoms with Gasteiger partial charge in [0.2, 0.25) is 0 Å². The zero-order valence-corrected chi connectivity index (χ0v) is 8.42. The standard InChI is InChI=1S/C11H17NO/c1-4-11(13)12-8-6-5-7-10(12)9(2)3/h1,9-10H,5-8H2,2-3H3. The third-order valence-electron chi connectivity index (χ3n) is 2.70. The Balaban J connectivity index is 2.68. The van der Waals surface area contributed by atoms with Crippen molar-refractivity contribution in [2.45, 2.75) is 39.2 Å². The summed E-state index contributed by atoms with van der Waals surface area (Å²) in [5.41, 5.74) is 0. The highest BCUT2D eigenvalue weighted by molar-refractivity contribution is 5.93. The van der Waals surface area contributed by atoms with Crippen LogP contribution in [0.15, 0.2) is 0 Å². The Hall–Kier alpha value is -0.970. The van der Waals surface area contributed by atoms with Crippen LogP contribution in [0.25, 0.3) is 0 Å². The van der Waals surface area contributed by atoms with Crippen LogP contribution in [-0.4, -0.2) is 23.4 Å². The molecule has 1 unspecified atom stereocenters. The molecule has 0 bridgehead atoms. The van der Waals surface area contributed by atoms with E-state index in [1.165, 1.54) is 6.42 Å². The molecule has 1 heterocycles. The Morgan fingerprint density at radius 2 is 2.23 bits per heavy atom. The maximum absolute atomic E-state index is 11.4. The number of amides is 1. The summed E-state index contributed by atoms with van der Waals surface area (Å²) >= 11 is 0. The van der Waals surface area contributed by atoms with Gasteiger partial charge in [0.05, 0.1) is 0 Å². The SMILES string of the molecule is C#CC(=O)N1CCCCC1C(C)C. The van der Waals surface area contributed by atoms with E-state index in [1.54, 1.807) is 0 Å². The van der Waals surface area contributed by atoms with E-state index in [2.05, 4.69) is 19.8 Å². The van der Waals surface area contributed by atoms with Gasteiger partial charge in [0.15, 0.2) is 0 Å². The van der Waals surface area contributed by atoms with Crippen molar-refractivity contribution < 1.29 is 4.79 Å². The van der Waals surface area contributed by atoms with Crippen LogP contribution in [-0.2, 0) is 4.79 Å².